The molecular weight excluding hydrogens is 238 g/mol. The van der Waals surface area contributed by atoms with Gasteiger partial charge in [0.05, 0.1) is 0 Å². The number of hydrogen-bond donors (Lipinski definition) is 0. The molecule has 0 spiro atoms. The van der Waals surface area contributed by atoms with Gasteiger partial charge in [-0.25, -0.2) is 4.79 Å². The Labute approximate surface area is 116 Å². The molecule has 1 heterocycles. The highest BCUT2D eigenvalue weighted by Crippen LogP contribution is 2.38. The van der Waals surface area contributed by atoms with E-state index in [0.29, 0.717) is 11.8 Å². The molecule has 3 aliphatic rings. The van der Waals surface area contributed by atoms with Gasteiger partial charge in [-0.3, -0.25) is 0 Å². The molecule has 0 radical (unpaired) electrons. The molecule has 3 heteroatoms. The van der Waals surface area contributed by atoms with Crippen LogP contribution in [0.2, 0.25) is 0 Å². The van der Waals surface area contributed by atoms with Gasteiger partial charge in [-0.05, 0) is 56.3 Å². The van der Waals surface area contributed by atoms with Crippen molar-refractivity contribution in [3.63, 3.8) is 0 Å². The van der Waals surface area contributed by atoms with E-state index in [1.54, 1.807) is 0 Å². The summed E-state index contributed by atoms with van der Waals surface area (Å²) in [5, 5.41) is 0. The summed E-state index contributed by atoms with van der Waals surface area (Å²) >= 11 is 0. The molecule has 108 valence electrons. The zero-order valence-corrected chi connectivity index (χ0v) is 12.1. The highest BCUT2D eigenvalue weighted by molar-refractivity contribution is 5.68. The van der Waals surface area contributed by atoms with Crippen LogP contribution in [0.3, 0.4) is 0 Å². The first-order chi connectivity index (χ1) is 9.24. The van der Waals surface area contributed by atoms with Gasteiger partial charge in [-0.15, -0.1) is 0 Å². The van der Waals surface area contributed by atoms with Gasteiger partial charge in [-0.2, -0.15) is 0 Å². The molecule has 2 saturated carbocycles. The summed E-state index contributed by atoms with van der Waals surface area (Å²) in [6, 6.07) is 0. The summed E-state index contributed by atoms with van der Waals surface area (Å²) in [4.78, 5) is 14.3. The number of rotatable bonds is 1. The van der Waals surface area contributed by atoms with Crippen LogP contribution in [0.5, 0.6) is 0 Å². The van der Waals surface area contributed by atoms with E-state index in [2.05, 4.69) is 6.92 Å². The molecule has 0 aromatic heterocycles. The van der Waals surface area contributed by atoms with Crippen molar-refractivity contribution in [1.29, 1.82) is 0 Å². The van der Waals surface area contributed by atoms with E-state index >= 15 is 0 Å². The summed E-state index contributed by atoms with van der Waals surface area (Å²) < 4.78 is 5.68. The van der Waals surface area contributed by atoms with Gasteiger partial charge in [0, 0.05) is 13.1 Å². The van der Waals surface area contributed by atoms with Crippen LogP contribution < -0.4 is 0 Å². The van der Waals surface area contributed by atoms with E-state index in [-0.39, 0.29) is 12.2 Å². The minimum atomic E-state index is -0.0318. The summed E-state index contributed by atoms with van der Waals surface area (Å²) in [7, 11) is 0. The SMILES string of the molecule is CC1C2CCCCC1CN(C(=O)OC1CCCC1)C2. The molecule has 2 bridgehead atoms. The predicted molar refractivity (Wildman–Crippen MR) is 74.9 cm³/mol. The Morgan fingerprint density at radius 2 is 1.47 bits per heavy atom. The standard InChI is InChI=1S/C16H27NO2/c1-12-13-6-2-3-7-14(12)11-17(10-13)16(18)19-15-8-4-5-9-15/h12-15H,2-11H2,1H3. The monoisotopic (exact) mass is 265 g/mol. The lowest BCUT2D eigenvalue weighted by atomic mass is 9.78. The second kappa shape index (κ2) is 5.72. The Balaban J connectivity index is 1.60. The first-order valence-corrected chi connectivity index (χ1v) is 8.19. The average Bonchev–Trinajstić information content (AvgIpc) is 2.87. The first-order valence-electron chi connectivity index (χ1n) is 8.19. The third-order valence-corrected chi connectivity index (χ3v) is 5.62. The molecular formula is C16H27NO2. The van der Waals surface area contributed by atoms with Gasteiger partial charge in [-0.1, -0.05) is 19.8 Å². The van der Waals surface area contributed by atoms with E-state index in [4.69, 9.17) is 4.74 Å². The van der Waals surface area contributed by atoms with Crippen molar-refractivity contribution in [3.8, 4) is 0 Å². The van der Waals surface area contributed by atoms with Crippen molar-refractivity contribution in [3.05, 3.63) is 0 Å². The van der Waals surface area contributed by atoms with Crippen LogP contribution in [0.4, 0.5) is 4.79 Å². The minimum Gasteiger partial charge on any atom is -0.446 e. The number of fused-ring (bicyclic) bond motifs is 2. The van der Waals surface area contributed by atoms with Crippen molar-refractivity contribution in [2.24, 2.45) is 17.8 Å². The Morgan fingerprint density at radius 3 is 2.05 bits per heavy atom. The topological polar surface area (TPSA) is 29.5 Å². The van der Waals surface area contributed by atoms with Crippen molar-refractivity contribution < 1.29 is 9.53 Å². The molecule has 0 N–H and O–H groups in total. The molecule has 19 heavy (non-hydrogen) atoms. The highest BCUT2D eigenvalue weighted by Gasteiger charge is 2.38. The van der Waals surface area contributed by atoms with Crippen molar-refractivity contribution in [1.82, 2.24) is 4.90 Å². The number of carbonyl (C=O) groups is 1. The molecule has 3 nitrogen and oxygen atoms in total. The van der Waals surface area contributed by atoms with Gasteiger partial charge in [0.25, 0.3) is 0 Å². The van der Waals surface area contributed by atoms with Gasteiger partial charge in [0.15, 0.2) is 0 Å². The number of amides is 1. The summed E-state index contributed by atoms with van der Waals surface area (Å²) in [5.41, 5.74) is 0. The molecule has 1 aliphatic heterocycles. The van der Waals surface area contributed by atoms with E-state index in [1.807, 2.05) is 4.90 Å². The lowest BCUT2D eigenvalue weighted by Gasteiger charge is -2.41. The first kappa shape index (κ1) is 13.3. The fourth-order valence-electron chi connectivity index (χ4n) is 4.25. The fraction of sp³-hybridized carbons (Fsp3) is 0.938. The predicted octanol–water partition coefficient (Wildman–Crippen LogP) is 3.82. The smallest absolute Gasteiger partial charge is 0.410 e. The normalized spacial score (nSPS) is 36.1. The van der Waals surface area contributed by atoms with Gasteiger partial charge in [0.2, 0.25) is 0 Å². The molecule has 3 fully saturated rings. The molecule has 0 aromatic carbocycles. The van der Waals surface area contributed by atoms with E-state index in [0.717, 1.165) is 31.8 Å². The summed E-state index contributed by atoms with van der Waals surface area (Å²) in [6.07, 6.45) is 10.0. The Bertz CT molecular complexity index is 309. The third kappa shape index (κ3) is 2.90. The quantitative estimate of drug-likeness (QED) is 0.721. The lowest BCUT2D eigenvalue weighted by molar-refractivity contribution is 0.0270. The van der Waals surface area contributed by atoms with Crippen LogP contribution in [-0.4, -0.2) is 30.2 Å². The zero-order valence-electron chi connectivity index (χ0n) is 12.1. The van der Waals surface area contributed by atoms with Crippen LogP contribution in [0.1, 0.15) is 58.3 Å². The molecule has 1 amide bonds. The van der Waals surface area contributed by atoms with Crippen molar-refractivity contribution in [2.45, 2.75) is 64.4 Å². The zero-order chi connectivity index (χ0) is 13.2. The van der Waals surface area contributed by atoms with Gasteiger partial charge < -0.3 is 9.64 Å². The molecule has 1 saturated heterocycles. The highest BCUT2D eigenvalue weighted by atomic mass is 16.6. The molecule has 2 aliphatic carbocycles. The fourth-order valence-corrected chi connectivity index (χ4v) is 4.25. The maximum absolute atomic E-state index is 12.3. The van der Waals surface area contributed by atoms with Crippen LogP contribution in [0, 0.1) is 17.8 Å². The maximum atomic E-state index is 12.3. The van der Waals surface area contributed by atoms with Crippen LogP contribution in [-0.2, 0) is 4.74 Å². The Kier molecular flexibility index (Phi) is 3.99. The molecule has 3 rings (SSSR count). The number of nitrogens with zero attached hydrogens (tertiary/aromatic N) is 1. The second-order valence-corrected chi connectivity index (χ2v) is 6.86. The number of likely N-dealkylation sites (tertiary alicyclic amines) is 1. The number of piperidine rings is 1. The van der Waals surface area contributed by atoms with E-state index in [1.165, 1.54) is 38.5 Å². The van der Waals surface area contributed by atoms with Crippen molar-refractivity contribution in [2.75, 3.05) is 13.1 Å². The van der Waals surface area contributed by atoms with Gasteiger partial charge >= 0.3 is 6.09 Å². The average molecular weight is 265 g/mol. The molecule has 2 atom stereocenters. The largest absolute Gasteiger partial charge is 0.446 e. The second-order valence-electron chi connectivity index (χ2n) is 6.86. The van der Waals surface area contributed by atoms with E-state index in [9.17, 15) is 4.79 Å². The molecule has 2 unspecified atom stereocenters. The molecule has 0 aromatic rings. The third-order valence-electron chi connectivity index (χ3n) is 5.62. The van der Waals surface area contributed by atoms with Crippen LogP contribution in [0.15, 0.2) is 0 Å². The Hall–Kier alpha value is -0.730. The number of ether oxygens (including phenoxy) is 1. The number of hydrogen-bond acceptors (Lipinski definition) is 2. The van der Waals surface area contributed by atoms with Gasteiger partial charge in [0.1, 0.15) is 6.10 Å². The van der Waals surface area contributed by atoms with Crippen LogP contribution >= 0.6 is 0 Å². The summed E-state index contributed by atoms with van der Waals surface area (Å²) in [6.45, 7) is 4.26. The van der Waals surface area contributed by atoms with Crippen molar-refractivity contribution >= 4 is 6.09 Å². The van der Waals surface area contributed by atoms with Crippen LogP contribution in [0.25, 0.3) is 0 Å². The maximum Gasteiger partial charge on any atom is 0.410 e. The lowest BCUT2D eigenvalue weighted by Crippen LogP contribution is -2.48. The number of carbonyl (C=O) groups excluding carboxylic acids is 1. The minimum absolute atomic E-state index is 0.0318. The summed E-state index contributed by atoms with van der Waals surface area (Å²) in [5.74, 6) is 2.20. The van der Waals surface area contributed by atoms with E-state index < -0.39 is 0 Å². The Morgan fingerprint density at radius 1 is 0.947 bits per heavy atom.